The molecule has 0 saturated heterocycles. The Labute approximate surface area is 111 Å². The number of halogens is 1. The van der Waals surface area contributed by atoms with E-state index in [4.69, 9.17) is 4.74 Å². The molecule has 0 aliphatic rings. The topological polar surface area (TPSA) is 26.3 Å². The molecule has 0 aliphatic carbocycles. The second-order valence-electron chi connectivity index (χ2n) is 4.77. The van der Waals surface area contributed by atoms with Crippen LogP contribution in [0.5, 0.6) is 0 Å². The van der Waals surface area contributed by atoms with Gasteiger partial charge in [0.05, 0.1) is 5.56 Å². The standard InChI is InChI=1S/C16H15FO2/c1-16(2,13-8-10-14(17)11-9-13)19-15(18)12-6-4-3-5-7-12/h3-11H,1-2H3. The summed E-state index contributed by atoms with van der Waals surface area (Å²) in [4.78, 5) is 12.0. The normalized spacial score (nSPS) is 11.1. The van der Waals surface area contributed by atoms with Crippen LogP contribution in [0.15, 0.2) is 54.6 Å². The summed E-state index contributed by atoms with van der Waals surface area (Å²) in [6.07, 6.45) is 0. The van der Waals surface area contributed by atoms with Gasteiger partial charge >= 0.3 is 5.97 Å². The molecule has 19 heavy (non-hydrogen) atoms. The SMILES string of the molecule is CC(C)(OC(=O)c1ccccc1)c1ccc(F)cc1. The van der Waals surface area contributed by atoms with Crippen LogP contribution in [0.2, 0.25) is 0 Å². The molecule has 0 aliphatic heterocycles. The molecule has 2 aromatic carbocycles. The fourth-order valence-corrected chi connectivity index (χ4v) is 1.78. The van der Waals surface area contributed by atoms with Crippen molar-refractivity contribution >= 4 is 5.97 Å². The van der Waals surface area contributed by atoms with Gasteiger partial charge in [-0.25, -0.2) is 9.18 Å². The van der Waals surface area contributed by atoms with Crippen molar-refractivity contribution in [2.24, 2.45) is 0 Å². The average molecular weight is 258 g/mol. The highest BCUT2D eigenvalue weighted by Crippen LogP contribution is 2.26. The van der Waals surface area contributed by atoms with Crippen molar-refractivity contribution in [1.29, 1.82) is 0 Å². The number of hydrogen-bond donors (Lipinski definition) is 0. The second kappa shape index (κ2) is 5.22. The summed E-state index contributed by atoms with van der Waals surface area (Å²) in [5, 5.41) is 0. The Morgan fingerprint density at radius 1 is 1.00 bits per heavy atom. The molecule has 0 radical (unpaired) electrons. The lowest BCUT2D eigenvalue weighted by Gasteiger charge is -2.25. The second-order valence-corrected chi connectivity index (χ2v) is 4.77. The summed E-state index contributed by atoms with van der Waals surface area (Å²) in [5.41, 5.74) is 0.441. The summed E-state index contributed by atoms with van der Waals surface area (Å²) in [7, 11) is 0. The zero-order chi connectivity index (χ0) is 13.9. The van der Waals surface area contributed by atoms with Gasteiger partial charge in [-0.05, 0) is 43.7 Å². The minimum absolute atomic E-state index is 0.311. The van der Waals surface area contributed by atoms with E-state index >= 15 is 0 Å². The Kier molecular flexibility index (Phi) is 3.65. The predicted molar refractivity (Wildman–Crippen MR) is 71.3 cm³/mol. The summed E-state index contributed by atoms with van der Waals surface area (Å²) in [6, 6.07) is 14.7. The molecule has 0 bridgehead atoms. The lowest BCUT2D eigenvalue weighted by molar-refractivity contribution is -0.00314. The fourth-order valence-electron chi connectivity index (χ4n) is 1.78. The largest absolute Gasteiger partial charge is 0.451 e. The van der Waals surface area contributed by atoms with E-state index in [2.05, 4.69) is 0 Å². The van der Waals surface area contributed by atoms with Gasteiger partial charge in [0.1, 0.15) is 11.4 Å². The van der Waals surface area contributed by atoms with Crippen LogP contribution in [0.3, 0.4) is 0 Å². The molecule has 3 heteroatoms. The molecule has 0 atom stereocenters. The van der Waals surface area contributed by atoms with Gasteiger partial charge in [-0.3, -0.25) is 0 Å². The number of rotatable bonds is 3. The average Bonchev–Trinajstić information content (AvgIpc) is 2.40. The molecule has 2 aromatic rings. The van der Waals surface area contributed by atoms with E-state index in [0.717, 1.165) is 5.56 Å². The number of benzene rings is 2. The van der Waals surface area contributed by atoms with Gasteiger partial charge < -0.3 is 4.74 Å². The van der Waals surface area contributed by atoms with Crippen molar-refractivity contribution in [3.63, 3.8) is 0 Å². The van der Waals surface area contributed by atoms with E-state index in [-0.39, 0.29) is 5.82 Å². The van der Waals surface area contributed by atoms with Gasteiger partial charge in [0.25, 0.3) is 0 Å². The number of esters is 1. The van der Waals surface area contributed by atoms with Crippen LogP contribution >= 0.6 is 0 Å². The van der Waals surface area contributed by atoms with Gasteiger partial charge in [0, 0.05) is 0 Å². The van der Waals surface area contributed by atoms with Gasteiger partial charge in [0.15, 0.2) is 0 Å². The highest BCUT2D eigenvalue weighted by molar-refractivity contribution is 5.89. The van der Waals surface area contributed by atoms with E-state index in [1.54, 1.807) is 50.2 Å². The van der Waals surface area contributed by atoms with E-state index in [1.807, 2.05) is 6.07 Å². The molecule has 0 saturated carbocycles. The van der Waals surface area contributed by atoms with E-state index in [9.17, 15) is 9.18 Å². The zero-order valence-electron chi connectivity index (χ0n) is 10.9. The van der Waals surface area contributed by atoms with Crippen LogP contribution in [-0.4, -0.2) is 5.97 Å². The smallest absolute Gasteiger partial charge is 0.338 e. The van der Waals surface area contributed by atoms with Crippen LogP contribution in [0.4, 0.5) is 4.39 Å². The Morgan fingerprint density at radius 3 is 2.16 bits per heavy atom. The Morgan fingerprint density at radius 2 is 1.58 bits per heavy atom. The van der Waals surface area contributed by atoms with Gasteiger partial charge in [-0.15, -0.1) is 0 Å². The quantitative estimate of drug-likeness (QED) is 0.780. The zero-order valence-corrected chi connectivity index (χ0v) is 10.9. The maximum Gasteiger partial charge on any atom is 0.338 e. The maximum atomic E-state index is 12.9. The highest BCUT2D eigenvalue weighted by atomic mass is 19.1. The molecule has 0 amide bonds. The van der Waals surface area contributed by atoms with Crippen molar-refractivity contribution in [1.82, 2.24) is 0 Å². The van der Waals surface area contributed by atoms with Crippen molar-refractivity contribution in [2.75, 3.05) is 0 Å². The molecule has 2 nitrogen and oxygen atoms in total. The third-order valence-corrected chi connectivity index (χ3v) is 2.90. The van der Waals surface area contributed by atoms with Gasteiger partial charge in [0.2, 0.25) is 0 Å². The third-order valence-electron chi connectivity index (χ3n) is 2.90. The molecule has 0 N–H and O–H groups in total. The lowest BCUT2D eigenvalue weighted by Crippen LogP contribution is -2.25. The van der Waals surface area contributed by atoms with Gasteiger partial charge in [-0.2, -0.15) is 0 Å². The van der Waals surface area contributed by atoms with E-state index in [1.165, 1.54) is 12.1 Å². The molecule has 0 unspecified atom stereocenters. The van der Waals surface area contributed by atoms with Gasteiger partial charge in [-0.1, -0.05) is 30.3 Å². The van der Waals surface area contributed by atoms with Crippen molar-refractivity contribution in [3.8, 4) is 0 Å². The lowest BCUT2D eigenvalue weighted by atomic mass is 9.98. The number of ether oxygens (including phenoxy) is 1. The molecular formula is C16H15FO2. The van der Waals surface area contributed by atoms with Crippen LogP contribution in [-0.2, 0) is 10.3 Å². The summed E-state index contributed by atoms with van der Waals surface area (Å²) >= 11 is 0. The first-order chi connectivity index (χ1) is 8.99. The number of hydrogen-bond acceptors (Lipinski definition) is 2. The summed E-state index contributed by atoms with van der Waals surface area (Å²) in [6.45, 7) is 3.56. The number of carbonyl (C=O) groups excluding carboxylic acids is 1. The Balaban J connectivity index is 2.17. The van der Waals surface area contributed by atoms with Crippen molar-refractivity contribution in [3.05, 3.63) is 71.5 Å². The highest BCUT2D eigenvalue weighted by Gasteiger charge is 2.25. The molecular weight excluding hydrogens is 243 g/mol. The van der Waals surface area contributed by atoms with Crippen molar-refractivity contribution < 1.29 is 13.9 Å². The monoisotopic (exact) mass is 258 g/mol. The first-order valence-corrected chi connectivity index (χ1v) is 6.03. The van der Waals surface area contributed by atoms with E-state index in [0.29, 0.717) is 5.56 Å². The van der Waals surface area contributed by atoms with Crippen molar-refractivity contribution in [2.45, 2.75) is 19.4 Å². The van der Waals surface area contributed by atoms with E-state index < -0.39 is 11.6 Å². The molecule has 98 valence electrons. The molecule has 0 fully saturated rings. The molecule has 0 heterocycles. The minimum Gasteiger partial charge on any atom is -0.451 e. The number of carbonyl (C=O) groups is 1. The minimum atomic E-state index is -0.805. The molecule has 2 rings (SSSR count). The Hall–Kier alpha value is -2.16. The van der Waals surface area contributed by atoms with Crippen LogP contribution in [0.25, 0.3) is 0 Å². The predicted octanol–water partition coefficient (Wildman–Crippen LogP) is 3.92. The third kappa shape index (κ3) is 3.19. The Bertz CT molecular complexity index is 559. The summed E-state index contributed by atoms with van der Waals surface area (Å²) < 4.78 is 18.4. The molecule has 0 spiro atoms. The summed E-state index contributed by atoms with van der Waals surface area (Å²) in [5.74, 6) is -0.705. The van der Waals surface area contributed by atoms with Crippen LogP contribution in [0, 0.1) is 5.82 Å². The van der Waals surface area contributed by atoms with Crippen LogP contribution < -0.4 is 0 Å². The molecule has 0 aromatic heterocycles. The first kappa shape index (κ1) is 13.3. The first-order valence-electron chi connectivity index (χ1n) is 6.03. The fraction of sp³-hybridized carbons (Fsp3) is 0.188. The maximum absolute atomic E-state index is 12.9. The van der Waals surface area contributed by atoms with Crippen LogP contribution in [0.1, 0.15) is 29.8 Å².